The smallest absolute Gasteiger partial charge is 0.345 e. The number of aliphatic hydroxyl groups is 2. The lowest BCUT2D eigenvalue weighted by atomic mass is 10.1. The second-order valence-electron chi connectivity index (χ2n) is 3.49. The van der Waals surface area contributed by atoms with Gasteiger partial charge in [0.2, 0.25) is 0 Å². The molecule has 1 rings (SSSR count). The highest BCUT2D eigenvalue weighted by Crippen LogP contribution is 2.30. The third kappa shape index (κ3) is 2.98. The second kappa shape index (κ2) is 5.67. The summed E-state index contributed by atoms with van der Waals surface area (Å²) >= 11 is 4.96. The molecule has 0 aliphatic rings. The summed E-state index contributed by atoms with van der Waals surface area (Å²) in [5.41, 5.74) is 0.688. The summed E-state index contributed by atoms with van der Waals surface area (Å²) in [6.07, 6.45) is -1.58. The van der Waals surface area contributed by atoms with Crippen molar-refractivity contribution in [3.63, 3.8) is 0 Å². The molecule has 0 bridgehead atoms. The number of aliphatic hydroxyl groups excluding tert-OH is 2. The van der Waals surface area contributed by atoms with Crippen LogP contribution in [0.3, 0.4) is 0 Å². The first-order valence-electron chi connectivity index (χ1n) is 4.78. The maximum Gasteiger partial charge on any atom is 0.345 e. The predicted molar refractivity (Wildman–Crippen MR) is 65.5 cm³/mol. The average Bonchev–Trinajstić information content (AvgIpc) is 2.60. The van der Waals surface area contributed by atoms with Crippen molar-refractivity contribution in [3.8, 4) is 0 Å². The van der Waals surface area contributed by atoms with Crippen LogP contribution in [-0.2, 0) is 0 Å². The van der Waals surface area contributed by atoms with Gasteiger partial charge in [-0.05, 0) is 30.7 Å². The van der Waals surface area contributed by atoms with Gasteiger partial charge in [-0.15, -0.1) is 11.3 Å². The van der Waals surface area contributed by atoms with E-state index < -0.39 is 18.2 Å². The number of aryl methyl sites for hydroxylation is 1. The first-order chi connectivity index (χ1) is 7.47. The van der Waals surface area contributed by atoms with Crippen molar-refractivity contribution in [1.29, 1.82) is 0 Å². The monoisotopic (exact) mass is 262 g/mol. The van der Waals surface area contributed by atoms with Crippen LogP contribution in [0.5, 0.6) is 0 Å². The summed E-state index contributed by atoms with van der Waals surface area (Å²) in [7, 11) is 0. The molecule has 16 heavy (non-hydrogen) atoms. The number of thiol groups is 1. The summed E-state index contributed by atoms with van der Waals surface area (Å²) in [5.74, 6) is -0.552. The SMILES string of the molecule is Cc1cc(C(=O)O)sc1C(O)C(O)CCS. The zero-order valence-electron chi connectivity index (χ0n) is 8.75. The quantitative estimate of drug-likeness (QED) is 0.606. The lowest BCUT2D eigenvalue weighted by molar-refractivity contribution is 0.0191. The number of carboxylic acids is 1. The van der Waals surface area contributed by atoms with E-state index in [1.807, 2.05) is 0 Å². The highest BCUT2D eigenvalue weighted by Gasteiger charge is 2.23. The predicted octanol–water partition coefficient (Wildman–Crippen LogP) is 1.47. The van der Waals surface area contributed by atoms with E-state index in [-0.39, 0.29) is 4.88 Å². The fourth-order valence-electron chi connectivity index (χ4n) is 1.36. The number of carbonyl (C=O) groups is 1. The van der Waals surface area contributed by atoms with Gasteiger partial charge in [0.1, 0.15) is 11.0 Å². The summed E-state index contributed by atoms with van der Waals surface area (Å²) in [6, 6.07) is 1.50. The molecule has 1 aromatic rings. The van der Waals surface area contributed by atoms with E-state index in [4.69, 9.17) is 5.11 Å². The van der Waals surface area contributed by atoms with Crippen molar-refractivity contribution in [1.82, 2.24) is 0 Å². The standard InChI is InChI=1S/C10H14O4S2/c1-5-4-7(10(13)14)16-9(5)8(12)6(11)2-3-15/h4,6,8,11-12,15H,2-3H2,1H3,(H,13,14). The van der Waals surface area contributed by atoms with E-state index in [0.717, 1.165) is 11.3 Å². The lowest BCUT2D eigenvalue weighted by Gasteiger charge is -2.16. The van der Waals surface area contributed by atoms with Crippen LogP contribution < -0.4 is 0 Å². The van der Waals surface area contributed by atoms with Crippen LogP contribution in [0.1, 0.15) is 32.6 Å². The number of rotatable bonds is 5. The molecule has 0 spiro atoms. The molecule has 3 N–H and O–H groups in total. The zero-order chi connectivity index (χ0) is 12.3. The highest BCUT2D eigenvalue weighted by atomic mass is 32.1. The third-order valence-corrected chi connectivity index (χ3v) is 3.78. The van der Waals surface area contributed by atoms with Gasteiger partial charge in [0.25, 0.3) is 0 Å². The van der Waals surface area contributed by atoms with E-state index in [1.54, 1.807) is 6.92 Å². The first-order valence-corrected chi connectivity index (χ1v) is 6.23. The minimum absolute atomic E-state index is 0.171. The second-order valence-corrected chi connectivity index (χ2v) is 5.02. The van der Waals surface area contributed by atoms with E-state index in [1.165, 1.54) is 6.07 Å². The summed E-state index contributed by atoms with van der Waals surface area (Å²) in [5, 5.41) is 28.2. The average molecular weight is 262 g/mol. The van der Waals surface area contributed by atoms with Crippen LogP contribution in [0, 0.1) is 6.92 Å². The van der Waals surface area contributed by atoms with Gasteiger partial charge in [-0.3, -0.25) is 0 Å². The topological polar surface area (TPSA) is 77.8 Å². The molecule has 90 valence electrons. The summed E-state index contributed by atoms with van der Waals surface area (Å²) < 4.78 is 0. The Kier molecular flexibility index (Phi) is 4.79. The Morgan fingerprint density at radius 3 is 2.62 bits per heavy atom. The van der Waals surface area contributed by atoms with E-state index >= 15 is 0 Å². The Morgan fingerprint density at radius 1 is 1.56 bits per heavy atom. The Morgan fingerprint density at radius 2 is 2.19 bits per heavy atom. The van der Waals surface area contributed by atoms with Crippen LogP contribution >= 0.6 is 24.0 Å². The van der Waals surface area contributed by atoms with Crippen LogP contribution in [-0.4, -0.2) is 33.1 Å². The van der Waals surface area contributed by atoms with Gasteiger partial charge in [0.05, 0.1) is 6.10 Å². The zero-order valence-corrected chi connectivity index (χ0v) is 10.5. The minimum Gasteiger partial charge on any atom is -0.477 e. The third-order valence-electron chi connectivity index (χ3n) is 2.22. The number of thiophene rings is 1. The van der Waals surface area contributed by atoms with Gasteiger partial charge >= 0.3 is 5.97 Å². The molecule has 0 saturated carbocycles. The van der Waals surface area contributed by atoms with Crippen LogP contribution in [0.25, 0.3) is 0 Å². The van der Waals surface area contributed by atoms with Gasteiger partial charge in [-0.1, -0.05) is 0 Å². The molecule has 0 fully saturated rings. The molecule has 0 aromatic carbocycles. The lowest BCUT2D eigenvalue weighted by Crippen LogP contribution is -2.18. The van der Waals surface area contributed by atoms with Crippen molar-refractivity contribution >= 4 is 29.9 Å². The molecule has 0 aliphatic heterocycles. The van der Waals surface area contributed by atoms with E-state index in [0.29, 0.717) is 22.6 Å². The summed E-state index contributed by atoms with van der Waals surface area (Å²) in [6.45, 7) is 1.72. The summed E-state index contributed by atoms with van der Waals surface area (Å²) in [4.78, 5) is 11.4. The number of hydrogen-bond acceptors (Lipinski definition) is 5. The van der Waals surface area contributed by atoms with Crippen molar-refractivity contribution in [2.75, 3.05) is 5.75 Å². The number of hydrogen-bond donors (Lipinski definition) is 4. The Balaban J connectivity index is 2.90. The van der Waals surface area contributed by atoms with Crippen LogP contribution in [0.15, 0.2) is 6.07 Å². The molecule has 0 aliphatic carbocycles. The molecular weight excluding hydrogens is 248 g/mol. The van der Waals surface area contributed by atoms with Gasteiger partial charge in [-0.2, -0.15) is 12.6 Å². The molecule has 0 amide bonds. The molecule has 2 atom stereocenters. The molecule has 4 nitrogen and oxygen atoms in total. The van der Waals surface area contributed by atoms with Crippen LogP contribution in [0.4, 0.5) is 0 Å². The highest BCUT2D eigenvalue weighted by molar-refractivity contribution is 7.80. The Bertz CT molecular complexity index is 375. The number of aromatic carboxylic acids is 1. The molecule has 6 heteroatoms. The molecule has 1 aromatic heterocycles. The van der Waals surface area contributed by atoms with Crippen molar-refractivity contribution < 1.29 is 20.1 Å². The molecule has 0 saturated heterocycles. The maximum absolute atomic E-state index is 10.7. The fourth-order valence-corrected chi connectivity index (χ4v) is 2.68. The Hall–Kier alpha value is -0.560. The first kappa shape index (κ1) is 13.5. The van der Waals surface area contributed by atoms with E-state index in [9.17, 15) is 15.0 Å². The molecular formula is C10H14O4S2. The van der Waals surface area contributed by atoms with Gasteiger partial charge in [0, 0.05) is 4.88 Å². The van der Waals surface area contributed by atoms with Gasteiger partial charge in [-0.25, -0.2) is 4.79 Å². The molecule has 2 unspecified atom stereocenters. The van der Waals surface area contributed by atoms with Crippen LogP contribution in [0.2, 0.25) is 0 Å². The van der Waals surface area contributed by atoms with Crippen molar-refractivity contribution in [3.05, 3.63) is 21.4 Å². The fraction of sp³-hybridized carbons (Fsp3) is 0.500. The number of carboxylic acid groups (broad SMARTS) is 1. The normalized spacial score (nSPS) is 14.8. The maximum atomic E-state index is 10.7. The van der Waals surface area contributed by atoms with Crippen molar-refractivity contribution in [2.45, 2.75) is 25.6 Å². The molecule has 1 heterocycles. The largest absolute Gasteiger partial charge is 0.477 e. The van der Waals surface area contributed by atoms with Gasteiger partial charge in [0.15, 0.2) is 0 Å². The van der Waals surface area contributed by atoms with Gasteiger partial charge < -0.3 is 15.3 Å². The Labute approximate surface area is 103 Å². The van der Waals surface area contributed by atoms with Crippen molar-refractivity contribution in [2.24, 2.45) is 0 Å². The minimum atomic E-state index is -1.04. The molecule has 0 radical (unpaired) electrons. The van der Waals surface area contributed by atoms with E-state index in [2.05, 4.69) is 12.6 Å².